The molecule has 1 aromatic rings. The molecule has 7 nitrogen and oxygen atoms in total. The number of halogens is 1. The summed E-state index contributed by atoms with van der Waals surface area (Å²) in [4.78, 5) is 39.0. The maximum Gasteiger partial charge on any atom is 0.340 e. The van der Waals surface area contributed by atoms with Gasteiger partial charge in [-0.05, 0) is 18.1 Å². The third-order valence-corrected chi connectivity index (χ3v) is 3.51. The van der Waals surface area contributed by atoms with Crippen molar-refractivity contribution in [3.8, 4) is 0 Å². The molecular formula is C15H19ClN2O5. The maximum atomic E-state index is 11.9. The highest BCUT2D eigenvalue weighted by Gasteiger charge is 2.27. The molecule has 0 radical (unpaired) electrons. The van der Waals surface area contributed by atoms with Gasteiger partial charge in [-0.3, -0.25) is 4.79 Å². The van der Waals surface area contributed by atoms with Crippen molar-refractivity contribution in [1.29, 1.82) is 0 Å². The van der Waals surface area contributed by atoms with Crippen LogP contribution in [0, 0.1) is 5.92 Å². The summed E-state index contributed by atoms with van der Waals surface area (Å²) in [6.07, 6.45) is 1.93. The lowest BCUT2D eigenvalue weighted by atomic mass is 9.99. The molecule has 126 valence electrons. The Morgan fingerprint density at radius 3 is 2.57 bits per heavy atom. The number of carbonyl (C=O) groups excluding carboxylic acids is 3. The summed E-state index contributed by atoms with van der Waals surface area (Å²) in [6.45, 7) is 3.19. The molecule has 1 aromatic heterocycles. The molecule has 0 fully saturated rings. The number of rotatable bonds is 7. The Labute approximate surface area is 139 Å². The topological polar surface area (TPSA) is 94.6 Å². The second-order valence-electron chi connectivity index (χ2n) is 4.90. The second kappa shape index (κ2) is 9.09. The highest BCUT2D eigenvalue weighted by molar-refractivity contribution is 6.29. The lowest BCUT2D eigenvalue weighted by Crippen LogP contribution is -2.47. The molecule has 0 aliphatic rings. The van der Waals surface area contributed by atoms with Crippen LogP contribution in [0.3, 0.4) is 0 Å². The van der Waals surface area contributed by atoms with Crippen LogP contribution in [0.5, 0.6) is 0 Å². The van der Waals surface area contributed by atoms with Gasteiger partial charge in [-0.1, -0.05) is 31.9 Å². The minimum atomic E-state index is -0.784. The van der Waals surface area contributed by atoms with E-state index in [9.17, 15) is 14.4 Å². The Hall–Kier alpha value is -2.15. The van der Waals surface area contributed by atoms with E-state index in [2.05, 4.69) is 15.0 Å². The second-order valence-corrected chi connectivity index (χ2v) is 5.29. The number of carbonyl (C=O) groups is 3. The number of esters is 2. The number of methoxy groups -OCH3 is 1. The molecule has 1 rings (SSSR count). The Bertz CT molecular complexity index is 561. The SMILES string of the molecule is CC[C@@H](C)[C@H](NC(=O)COC(=O)c1ccc(Cl)nc1)C(=O)OC. The smallest absolute Gasteiger partial charge is 0.340 e. The lowest BCUT2D eigenvalue weighted by molar-refractivity contribution is -0.147. The van der Waals surface area contributed by atoms with Crippen molar-refractivity contribution < 1.29 is 23.9 Å². The molecule has 0 aliphatic heterocycles. The fourth-order valence-corrected chi connectivity index (χ4v) is 1.83. The summed E-state index contributed by atoms with van der Waals surface area (Å²) in [5.74, 6) is -1.94. The van der Waals surface area contributed by atoms with Gasteiger partial charge in [0, 0.05) is 6.20 Å². The van der Waals surface area contributed by atoms with E-state index < -0.39 is 30.5 Å². The van der Waals surface area contributed by atoms with E-state index in [0.717, 1.165) is 0 Å². The molecule has 2 atom stereocenters. The zero-order valence-corrected chi connectivity index (χ0v) is 13.9. The van der Waals surface area contributed by atoms with Gasteiger partial charge in [0.05, 0.1) is 12.7 Å². The van der Waals surface area contributed by atoms with Gasteiger partial charge in [0.1, 0.15) is 11.2 Å². The predicted molar refractivity (Wildman–Crippen MR) is 82.9 cm³/mol. The number of hydrogen-bond acceptors (Lipinski definition) is 6. The van der Waals surface area contributed by atoms with E-state index in [1.165, 1.54) is 25.4 Å². The number of pyridine rings is 1. The molecule has 0 aliphatic carbocycles. The molecule has 0 saturated heterocycles. The third kappa shape index (κ3) is 5.86. The summed E-state index contributed by atoms with van der Waals surface area (Å²) in [6, 6.07) is 2.09. The molecule has 0 bridgehead atoms. The summed E-state index contributed by atoms with van der Waals surface area (Å²) < 4.78 is 9.53. The number of ether oxygens (including phenoxy) is 2. The number of nitrogens with zero attached hydrogens (tertiary/aromatic N) is 1. The van der Waals surface area contributed by atoms with E-state index in [1.54, 1.807) is 0 Å². The van der Waals surface area contributed by atoms with Gasteiger partial charge in [0.15, 0.2) is 6.61 Å². The number of aromatic nitrogens is 1. The van der Waals surface area contributed by atoms with E-state index in [4.69, 9.17) is 16.3 Å². The Morgan fingerprint density at radius 1 is 1.35 bits per heavy atom. The Morgan fingerprint density at radius 2 is 2.04 bits per heavy atom. The van der Waals surface area contributed by atoms with Crippen LogP contribution < -0.4 is 5.32 Å². The first kappa shape index (κ1) is 18.9. The van der Waals surface area contributed by atoms with Gasteiger partial charge in [-0.25, -0.2) is 14.6 Å². The van der Waals surface area contributed by atoms with E-state index >= 15 is 0 Å². The molecule has 0 spiro atoms. The number of hydrogen-bond donors (Lipinski definition) is 1. The van der Waals surface area contributed by atoms with Crippen LogP contribution in [-0.2, 0) is 19.1 Å². The molecule has 1 N–H and O–H groups in total. The van der Waals surface area contributed by atoms with Crippen LogP contribution in [0.15, 0.2) is 18.3 Å². The van der Waals surface area contributed by atoms with Crippen LogP contribution in [0.2, 0.25) is 5.15 Å². The zero-order valence-electron chi connectivity index (χ0n) is 13.2. The van der Waals surface area contributed by atoms with Crippen molar-refractivity contribution in [2.45, 2.75) is 26.3 Å². The van der Waals surface area contributed by atoms with Gasteiger partial charge < -0.3 is 14.8 Å². The van der Waals surface area contributed by atoms with Crippen LogP contribution in [0.1, 0.15) is 30.6 Å². The van der Waals surface area contributed by atoms with Crippen molar-refractivity contribution in [3.05, 3.63) is 29.0 Å². The largest absolute Gasteiger partial charge is 0.467 e. The molecule has 0 aromatic carbocycles. The molecule has 1 heterocycles. The molecule has 8 heteroatoms. The maximum absolute atomic E-state index is 11.9. The standard InChI is InChI=1S/C15H19ClN2O5/c1-4-9(2)13(15(21)22-3)18-12(19)8-23-14(20)10-5-6-11(16)17-7-10/h5-7,9,13H,4,8H2,1-3H3,(H,18,19)/t9-,13+/m1/s1. The monoisotopic (exact) mass is 342 g/mol. The van der Waals surface area contributed by atoms with E-state index in [0.29, 0.717) is 6.42 Å². The van der Waals surface area contributed by atoms with Gasteiger partial charge in [0.2, 0.25) is 0 Å². The van der Waals surface area contributed by atoms with Crippen molar-refractivity contribution in [1.82, 2.24) is 10.3 Å². The van der Waals surface area contributed by atoms with Crippen molar-refractivity contribution in [2.24, 2.45) is 5.92 Å². The highest BCUT2D eigenvalue weighted by atomic mass is 35.5. The Balaban J connectivity index is 2.56. The number of amides is 1. The van der Waals surface area contributed by atoms with E-state index in [-0.39, 0.29) is 16.6 Å². The van der Waals surface area contributed by atoms with Crippen molar-refractivity contribution in [2.75, 3.05) is 13.7 Å². The summed E-state index contributed by atoms with van der Waals surface area (Å²) in [5, 5.41) is 2.75. The lowest BCUT2D eigenvalue weighted by Gasteiger charge is -2.21. The van der Waals surface area contributed by atoms with E-state index in [1.807, 2.05) is 13.8 Å². The summed E-state index contributed by atoms with van der Waals surface area (Å²) in [7, 11) is 1.25. The molecule has 23 heavy (non-hydrogen) atoms. The van der Waals surface area contributed by atoms with Gasteiger partial charge >= 0.3 is 11.9 Å². The molecular weight excluding hydrogens is 324 g/mol. The first-order valence-corrected chi connectivity index (χ1v) is 7.42. The molecule has 0 unspecified atom stereocenters. The van der Waals surface area contributed by atoms with Crippen molar-refractivity contribution >= 4 is 29.4 Å². The fraction of sp³-hybridized carbons (Fsp3) is 0.467. The minimum Gasteiger partial charge on any atom is -0.467 e. The van der Waals surface area contributed by atoms with Crippen LogP contribution >= 0.6 is 11.6 Å². The molecule has 1 amide bonds. The number of nitrogens with one attached hydrogen (secondary N) is 1. The minimum absolute atomic E-state index is 0.109. The highest BCUT2D eigenvalue weighted by Crippen LogP contribution is 2.09. The fourth-order valence-electron chi connectivity index (χ4n) is 1.72. The van der Waals surface area contributed by atoms with Crippen molar-refractivity contribution in [3.63, 3.8) is 0 Å². The summed E-state index contributed by atoms with van der Waals surface area (Å²) >= 11 is 5.62. The summed E-state index contributed by atoms with van der Waals surface area (Å²) in [5.41, 5.74) is 0.175. The Kier molecular flexibility index (Phi) is 7.47. The third-order valence-electron chi connectivity index (χ3n) is 3.28. The quantitative estimate of drug-likeness (QED) is 0.597. The zero-order chi connectivity index (χ0) is 17.4. The van der Waals surface area contributed by atoms with Gasteiger partial charge in [0.25, 0.3) is 5.91 Å². The normalized spacial score (nSPS) is 12.9. The first-order valence-electron chi connectivity index (χ1n) is 7.04. The predicted octanol–water partition coefficient (Wildman–Crippen LogP) is 1.60. The average molecular weight is 343 g/mol. The molecule has 0 saturated carbocycles. The first-order chi connectivity index (χ1) is 10.9. The van der Waals surface area contributed by atoms with Gasteiger partial charge in [-0.15, -0.1) is 0 Å². The average Bonchev–Trinajstić information content (AvgIpc) is 2.56. The van der Waals surface area contributed by atoms with Crippen LogP contribution in [0.25, 0.3) is 0 Å². The van der Waals surface area contributed by atoms with Crippen LogP contribution in [-0.4, -0.2) is 42.6 Å². The van der Waals surface area contributed by atoms with Gasteiger partial charge in [-0.2, -0.15) is 0 Å². The van der Waals surface area contributed by atoms with Crippen LogP contribution in [0.4, 0.5) is 0 Å².